The number of hydrogen-bond acceptors (Lipinski definition) is 5. The molecule has 8 nitrogen and oxygen atoms in total. The molecule has 0 radical (unpaired) electrons. The molecule has 0 aromatic rings. The lowest BCUT2D eigenvalue weighted by molar-refractivity contribution is -0.870. The molecule has 0 rings (SSSR count). The lowest BCUT2D eigenvalue weighted by atomic mass is 10.1. The molecule has 0 saturated heterocycles. The van der Waals surface area contributed by atoms with Crippen LogP contribution in [0.5, 0.6) is 0 Å². The van der Waals surface area contributed by atoms with Gasteiger partial charge in [0, 0.05) is 6.42 Å². The Kier molecular flexibility index (Phi) is 33.2. The fourth-order valence-corrected chi connectivity index (χ4v) is 6.15. The number of allylic oxidation sites excluding steroid dienone is 7. The minimum Gasteiger partial charge on any atom is -0.387 e. The molecule has 0 aromatic carbocycles. The van der Waals surface area contributed by atoms with Gasteiger partial charge in [-0.3, -0.25) is 13.8 Å². The maximum Gasteiger partial charge on any atom is 0.472 e. The van der Waals surface area contributed by atoms with Crippen LogP contribution < -0.4 is 5.32 Å². The number of unbranched alkanes of at least 4 members (excludes halogenated alkanes) is 17. The minimum absolute atomic E-state index is 0.0496. The van der Waals surface area contributed by atoms with Crippen LogP contribution in [0.15, 0.2) is 48.6 Å². The number of likely N-dealkylation sites (N-methyl/N-ethyl adjacent to an activating group) is 1. The van der Waals surface area contributed by atoms with Crippen molar-refractivity contribution in [3.05, 3.63) is 48.6 Å². The van der Waals surface area contributed by atoms with Crippen LogP contribution in [0.2, 0.25) is 0 Å². The molecule has 0 saturated carbocycles. The number of phosphoric ester groups is 1. The van der Waals surface area contributed by atoms with Gasteiger partial charge in [0.2, 0.25) is 5.91 Å². The van der Waals surface area contributed by atoms with Crippen LogP contribution >= 0.6 is 7.82 Å². The number of hydrogen-bond donors (Lipinski definition) is 3. The molecule has 3 atom stereocenters. The summed E-state index contributed by atoms with van der Waals surface area (Å²) in [5, 5.41) is 13.7. The van der Waals surface area contributed by atoms with Crippen molar-refractivity contribution in [2.45, 2.75) is 174 Å². The number of quaternary nitrogens is 1. The molecule has 0 aliphatic heterocycles. The second-order valence-corrected chi connectivity index (χ2v) is 16.4. The van der Waals surface area contributed by atoms with Crippen LogP contribution in [0.25, 0.3) is 0 Å². The molecule has 0 spiro atoms. The first-order valence-corrected chi connectivity index (χ1v) is 22.0. The van der Waals surface area contributed by atoms with E-state index in [0.717, 1.165) is 57.8 Å². The third-order valence-electron chi connectivity index (χ3n) is 8.75. The van der Waals surface area contributed by atoms with Crippen molar-refractivity contribution in [1.82, 2.24) is 5.32 Å². The first-order chi connectivity index (χ1) is 24.5. The van der Waals surface area contributed by atoms with E-state index in [-0.39, 0.29) is 19.1 Å². The van der Waals surface area contributed by atoms with Crippen molar-refractivity contribution in [1.29, 1.82) is 0 Å². The number of phosphoric acid groups is 1. The Bertz CT molecular complexity index is 975. The molecule has 51 heavy (non-hydrogen) atoms. The van der Waals surface area contributed by atoms with Crippen LogP contribution in [0.4, 0.5) is 0 Å². The van der Waals surface area contributed by atoms with Gasteiger partial charge in [-0.15, -0.1) is 0 Å². The highest BCUT2D eigenvalue weighted by atomic mass is 31.2. The van der Waals surface area contributed by atoms with Gasteiger partial charge in [0.1, 0.15) is 13.2 Å². The average molecular weight is 740 g/mol. The Balaban J connectivity index is 4.62. The summed E-state index contributed by atoms with van der Waals surface area (Å²) in [6.45, 7) is 4.73. The zero-order valence-corrected chi connectivity index (χ0v) is 34.5. The Morgan fingerprint density at radius 2 is 1.08 bits per heavy atom. The van der Waals surface area contributed by atoms with E-state index in [1.54, 1.807) is 6.08 Å². The molecule has 0 aromatic heterocycles. The number of nitrogens with one attached hydrogen (secondary N) is 1. The molecule has 0 heterocycles. The lowest BCUT2D eigenvalue weighted by Gasteiger charge is -2.25. The smallest absolute Gasteiger partial charge is 0.387 e. The van der Waals surface area contributed by atoms with Crippen molar-refractivity contribution in [2.75, 3.05) is 40.9 Å². The number of rotatable bonds is 36. The number of nitrogens with zero attached hydrogens (tertiary/aromatic N) is 1. The first kappa shape index (κ1) is 49.5. The van der Waals surface area contributed by atoms with Crippen molar-refractivity contribution >= 4 is 13.7 Å². The fourth-order valence-electron chi connectivity index (χ4n) is 5.42. The molecule has 3 unspecified atom stereocenters. The molecule has 9 heteroatoms. The van der Waals surface area contributed by atoms with Crippen LogP contribution in [0.1, 0.15) is 162 Å². The van der Waals surface area contributed by atoms with Crippen molar-refractivity contribution in [3.63, 3.8) is 0 Å². The number of carbonyl (C=O) groups is 1. The van der Waals surface area contributed by atoms with Gasteiger partial charge in [-0.25, -0.2) is 4.57 Å². The second kappa shape index (κ2) is 34.2. The highest BCUT2D eigenvalue weighted by molar-refractivity contribution is 7.47. The van der Waals surface area contributed by atoms with Gasteiger partial charge in [-0.05, 0) is 70.6 Å². The molecule has 3 N–H and O–H groups in total. The molecule has 298 valence electrons. The number of aliphatic hydroxyl groups is 1. The summed E-state index contributed by atoms with van der Waals surface area (Å²) in [4.78, 5) is 23.0. The van der Waals surface area contributed by atoms with Gasteiger partial charge in [0.15, 0.2) is 0 Å². The van der Waals surface area contributed by atoms with Gasteiger partial charge >= 0.3 is 7.82 Å². The summed E-state index contributed by atoms with van der Waals surface area (Å²) in [6, 6.07) is -0.875. The van der Waals surface area contributed by atoms with Crippen LogP contribution in [0, 0.1) is 0 Å². The van der Waals surface area contributed by atoms with E-state index < -0.39 is 20.0 Å². The predicted octanol–water partition coefficient (Wildman–Crippen LogP) is 10.9. The summed E-state index contributed by atoms with van der Waals surface area (Å²) in [7, 11) is 1.53. The Hall–Kier alpha value is -1.54. The molecule has 0 bridgehead atoms. The minimum atomic E-state index is -4.35. The third-order valence-corrected chi connectivity index (χ3v) is 9.73. The predicted molar refractivity (Wildman–Crippen MR) is 217 cm³/mol. The highest BCUT2D eigenvalue weighted by Crippen LogP contribution is 2.43. The van der Waals surface area contributed by atoms with Crippen LogP contribution in [-0.4, -0.2) is 73.4 Å². The van der Waals surface area contributed by atoms with Gasteiger partial charge in [0.25, 0.3) is 0 Å². The molecular weight excluding hydrogens is 659 g/mol. The summed E-state index contributed by atoms with van der Waals surface area (Å²) in [5.74, 6) is -0.211. The van der Waals surface area contributed by atoms with E-state index in [2.05, 4.69) is 55.6 Å². The highest BCUT2D eigenvalue weighted by Gasteiger charge is 2.27. The van der Waals surface area contributed by atoms with E-state index in [9.17, 15) is 19.4 Å². The second-order valence-electron chi connectivity index (χ2n) is 15.0. The zero-order valence-electron chi connectivity index (χ0n) is 33.6. The number of carbonyl (C=O) groups excluding carboxylic acids is 1. The standard InChI is InChI=1S/C42H79N2O6P/c1-6-8-10-12-14-16-18-20-21-22-24-25-27-29-31-33-35-41(45)40(39-50-51(47,48)49-38-37-44(3,4)5)43-42(46)36-34-32-30-28-26-23-19-17-15-13-11-9-7-2/h20-21,23,25-27,33,35,40-41,45H,6-19,22,24,28-32,34,36-39H2,1-5H3,(H-,43,46,47,48)/p+1/b21-20+,26-23-,27-25+,35-33+. The van der Waals surface area contributed by atoms with Gasteiger partial charge in [0.05, 0.1) is 39.9 Å². The maximum atomic E-state index is 12.8. The average Bonchev–Trinajstić information content (AvgIpc) is 3.07. The van der Waals surface area contributed by atoms with E-state index in [1.165, 1.54) is 83.5 Å². The summed E-state index contributed by atoms with van der Waals surface area (Å²) >= 11 is 0. The Labute approximate surface area is 314 Å². The van der Waals surface area contributed by atoms with E-state index in [0.29, 0.717) is 17.4 Å². The summed E-state index contributed by atoms with van der Waals surface area (Å²) in [5.41, 5.74) is 0. The van der Waals surface area contributed by atoms with Gasteiger partial charge in [-0.1, -0.05) is 133 Å². The largest absolute Gasteiger partial charge is 0.472 e. The van der Waals surface area contributed by atoms with Gasteiger partial charge < -0.3 is 19.8 Å². The zero-order chi connectivity index (χ0) is 37.9. The van der Waals surface area contributed by atoms with Crippen molar-refractivity contribution in [3.8, 4) is 0 Å². The lowest BCUT2D eigenvalue weighted by Crippen LogP contribution is -2.45. The van der Waals surface area contributed by atoms with Crippen LogP contribution in [0.3, 0.4) is 0 Å². The SMILES string of the molecule is CCCCCCCC/C=C\CCCCCC(=O)NC(COP(=O)(O)OCC[N+](C)(C)C)C(O)/C=C/CC/C=C/CC/C=C/CCCCCCCC. The Morgan fingerprint density at radius 1 is 0.647 bits per heavy atom. The van der Waals surface area contributed by atoms with Crippen LogP contribution in [-0.2, 0) is 18.4 Å². The molecular formula is C42H80N2O6P+. The third kappa shape index (κ3) is 36.6. The summed E-state index contributed by atoms with van der Waals surface area (Å²) < 4.78 is 23.4. The number of aliphatic hydroxyl groups excluding tert-OH is 1. The molecule has 0 aliphatic rings. The van der Waals surface area contributed by atoms with Crippen molar-refractivity contribution < 1.29 is 32.9 Å². The quantitative estimate of drug-likeness (QED) is 0.0256. The fraction of sp³-hybridized carbons (Fsp3) is 0.786. The first-order valence-electron chi connectivity index (χ1n) is 20.5. The van der Waals surface area contributed by atoms with Crippen molar-refractivity contribution in [2.24, 2.45) is 0 Å². The van der Waals surface area contributed by atoms with E-state index in [4.69, 9.17) is 9.05 Å². The monoisotopic (exact) mass is 740 g/mol. The topological polar surface area (TPSA) is 105 Å². The van der Waals surface area contributed by atoms with Gasteiger partial charge in [-0.2, -0.15) is 0 Å². The maximum absolute atomic E-state index is 12.8. The van der Waals surface area contributed by atoms with E-state index >= 15 is 0 Å². The normalized spacial score (nSPS) is 15.0. The molecule has 0 fully saturated rings. The molecule has 1 amide bonds. The van der Waals surface area contributed by atoms with E-state index in [1.807, 2.05) is 27.2 Å². The molecule has 0 aliphatic carbocycles. The number of amides is 1. The summed E-state index contributed by atoms with van der Waals surface area (Å²) in [6.07, 6.45) is 41.8. The Morgan fingerprint density at radius 3 is 1.57 bits per heavy atom.